The average molecular weight is 312 g/mol. The number of ether oxygens (including phenoxy) is 1. The smallest absolute Gasteiger partial charge is 0.341 e. The van der Waals surface area contributed by atoms with E-state index in [0.29, 0.717) is 16.3 Å². The molecule has 112 valence electrons. The lowest BCUT2D eigenvalue weighted by molar-refractivity contribution is 0.0525. The van der Waals surface area contributed by atoms with Gasteiger partial charge in [-0.1, -0.05) is 11.6 Å². The van der Waals surface area contributed by atoms with Gasteiger partial charge in [-0.15, -0.1) is 0 Å². The van der Waals surface area contributed by atoms with E-state index in [1.54, 1.807) is 18.7 Å². The largest absolute Gasteiger partial charge is 0.462 e. The summed E-state index contributed by atoms with van der Waals surface area (Å²) in [5, 5.41) is 7.36. The molecule has 2 rings (SSSR count). The van der Waals surface area contributed by atoms with Gasteiger partial charge < -0.3 is 10.1 Å². The maximum absolute atomic E-state index is 13.6. The maximum Gasteiger partial charge on any atom is 0.341 e. The number of hydrogen-bond donors (Lipinski definition) is 1. The topological polar surface area (TPSA) is 56.1 Å². The van der Waals surface area contributed by atoms with Crippen LogP contribution in [0.4, 0.5) is 10.1 Å². The summed E-state index contributed by atoms with van der Waals surface area (Å²) in [7, 11) is 1.70. The molecule has 21 heavy (non-hydrogen) atoms. The number of carbonyl (C=O) groups excluding carboxylic acids is 1. The average Bonchev–Trinajstić information content (AvgIpc) is 2.81. The number of nitrogens with zero attached hydrogens (tertiary/aromatic N) is 2. The van der Waals surface area contributed by atoms with Crippen molar-refractivity contribution in [2.24, 2.45) is 7.05 Å². The first-order valence-electron chi connectivity index (χ1n) is 6.39. The second-order valence-electron chi connectivity index (χ2n) is 4.33. The molecule has 0 aliphatic carbocycles. The van der Waals surface area contributed by atoms with E-state index in [0.717, 1.165) is 0 Å². The van der Waals surface area contributed by atoms with Gasteiger partial charge in [-0.25, -0.2) is 9.18 Å². The van der Waals surface area contributed by atoms with E-state index in [1.807, 2.05) is 0 Å². The zero-order valence-corrected chi connectivity index (χ0v) is 12.4. The second kappa shape index (κ2) is 6.58. The predicted molar refractivity (Wildman–Crippen MR) is 77.9 cm³/mol. The summed E-state index contributed by atoms with van der Waals surface area (Å²) in [4.78, 5) is 11.8. The molecule has 0 radical (unpaired) electrons. The molecule has 7 heteroatoms. The van der Waals surface area contributed by atoms with Gasteiger partial charge in [0.2, 0.25) is 0 Å². The summed E-state index contributed by atoms with van der Waals surface area (Å²) in [5.41, 5.74) is 1.22. The molecule has 1 aromatic carbocycles. The number of rotatable bonds is 5. The molecule has 0 amide bonds. The minimum atomic E-state index is -0.450. The highest BCUT2D eigenvalue weighted by Gasteiger charge is 2.17. The Morgan fingerprint density at radius 1 is 1.52 bits per heavy atom. The molecule has 1 N–H and O–H groups in total. The van der Waals surface area contributed by atoms with Crippen molar-refractivity contribution in [1.82, 2.24) is 9.78 Å². The monoisotopic (exact) mass is 311 g/mol. The van der Waals surface area contributed by atoms with E-state index in [9.17, 15) is 9.18 Å². The van der Waals surface area contributed by atoms with Crippen molar-refractivity contribution < 1.29 is 13.9 Å². The normalized spacial score (nSPS) is 10.5. The number of halogens is 2. The Kier molecular flexibility index (Phi) is 4.80. The van der Waals surface area contributed by atoms with Crippen molar-refractivity contribution in [2.75, 3.05) is 11.9 Å². The van der Waals surface area contributed by atoms with E-state index in [2.05, 4.69) is 10.4 Å². The summed E-state index contributed by atoms with van der Waals surface area (Å²) in [5.74, 6) is -0.867. The van der Waals surface area contributed by atoms with Gasteiger partial charge in [0.1, 0.15) is 11.4 Å². The fourth-order valence-electron chi connectivity index (χ4n) is 1.86. The maximum atomic E-state index is 13.6. The summed E-state index contributed by atoms with van der Waals surface area (Å²) >= 11 is 5.83. The number of aryl methyl sites for hydroxylation is 1. The first-order chi connectivity index (χ1) is 10.0. The lowest BCUT2D eigenvalue weighted by Gasteiger charge is -2.10. The van der Waals surface area contributed by atoms with Gasteiger partial charge >= 0.3 is 5.97 Å². The summed E-state index contributed by atoms with van der Waals surface area (Å²) in [6, 6.07) is 4.23. The van der Waals surface area contributed by atoms with Crippen LogP contribution in [0.2, 0.25) is 5.02 Å². The number of esters is 1. The molecular formula is C14H15ClFN3O2. The van der Waals surface area contributed by atoms with Crippen LogP contribution in [0, 0.1) is 5.82 Å². The van der Waals surface area contributed by atoms with Crippen molar-refractivity contribution in [1.29, 1.82) is 0 Å². The van der Waals surface area contributed by atoms with E-state index in [4.69, 9.17) is 16.3 Å². The van der Waals surface area contributed by atoms with Crippen LogP contribution in [0.3, 0.4) is 0 Å². The molecule has 0 aliphatic rings. The standard InChI is InChI=1S/C14H15ClFN3O2/c1-3-21-14(20)10-7-18-19(2)13(10)8-17-12-6-9(15)4-5-11(12)16/h4-7,17H,3,8H2,1-2H3. The zero-order valence-electron chi connectivity index (χ0n) is 11.7. The van der Waals surface area contributed by atoms with Crippen LogP contribution in [0.25, 0.3) is 0 Å². The quantitative estimate of drug-likeness (QED) is 0.862. The molecule has 0 fully saturated rings. The van der Waals surface area contributed by atoms with Gasteiger partial charge in [-0.2, -0.15) is 5.10 Å². The number of benzene rings is 1. The number of hydrogen-bond acceptors (Lipinski definition) is 4. The van der Waals surface area contributed by atoms with E-state index >= 15 is 0 Å². The van der Waals surface area contributed by atoms with Crippen molar-refractivity contribution in [3.05, 3.63) is 46.5 Å². The van der Waals surface area contributed by atoms with Crippen molar-refractivity contribution >= 4 is 23.3 Å². The second-order valence-corrected chi connectivity index (χ2v) is 4.76. The number of anilines is 1. The molecule has 0 bridgehead atoms. The highest BCUT2D eigenvalue weighted by Crippen LogP contribution is 2.21. The highest BCUT2D eigenvalue weighted by molar-refractivity contribution is 6.30. The van der Waals surface area contributed by atoms with Gasteiger partial charge in [0, 0.05) is 12.1 Å². The summed E-state index contributed by atoms with van der Waals surface area (Å²) in [6.07, 6.45) is 1.43. The molecule has 0 saturated heterocycles. The predicted octanol–water partition coefficient (Wildman–Crippen LogP) is 3.00. The number of aromatic nitrogens is 2. The van der Waals surface area contributed by atoms with E-state index in [1.165, 1.54) is 24.4 Å². The van der Waals surface area contributed by atoms with Crippen LogP contribution in [0.15, 0.2) is 24.4 Å². The van der Waals surface area contributed by atoms with Crippen LogP contribution < -0.4 is 5.32 Å². The summed E-state index contributed by atoms with van der Waals surface area (Å²) < 4.78 is 20.1. The molecule has 5 nitrogen and oxygen atoms in total. The van der Waals surface area contributed by atoms with Gasteiger partial charge in [0.15, 0.2) is 0 Å². The van der Waals surface area contributed by atoms with Crippen LogP contribution in [-0.2, 0) is 18.3 Å². The Labute approximate surface area is 126 Å². The molecule has 0 unspecified atom stereocenters. The minimum Gasteiger partial charge on any atom is -0.462 e. The molecular weight excluding hydrogens is 297 g/mol. The molecule has 0 spiro atoms. The molecule has 0 aliphatic heterocycles. The lowest BCUT2D eigenvalue weighted by atomic mass is 10.2. The SMILES string of the molecule is CCOC(=O)c1cnn(C)c1CNc1cc(Cl)ccc1F. The van der Waals surface area contributed by atoms with Gasteiger partial charge in [0.25, 0.3) is 0 Å². The van der Waals surface area contributed by atoms with Crippen molar-refractivity contribution in [3.8, 4) is 0 Å². The highest BCUT2D eigenvalue weighted by atomic mass is 35.5. The number of nitrogens with one attached hydrogen (secondary N) is 1. The first kappa shape index (κ1) is 15.3. The summed E-state index contributed by atoms with van der Waals surface area (Å²) in [6.45, 7) is 2.24. The minimum absolute atomic E-state index is 0.224. The zero-order chi connectivity index (χ0) is 15.4. The molecule has 1 aromatic heterocycles. The Morgan fingerprint density at radius 2 is 2.29 bits per heavy atom. The molecule has 1 heterocycles. The third-order valence-electron chi connectivity index (χ3n) is 2.93. The molecule has 0 atom stereocenters. The third kappa shape index (κ3) is 3.52. The van der Waals surface area contributed by atoms with Gasteiger partial charge in [-0.05, 0) is 25.1 Å². The Balaban J connectivity index is 2.18. The van der Waals surface area contributed by atoms with Crippen LogP contribution in [0.5, 0.6) is 0 Å². The van der Waals surface area contributed by atoms with E-state index in [-0.39, 0.29) is 18.8 Å². The lowest BCUT2D eigenvalue weighted by Crippen LogP contribution is -2.12. The third-order valence-corrected chi connectivity index (χ3v) is 3.17. The Bertz CT molecular complexity index is 658. The molecule has 2 aromatic rings. The number of carbonyl (C=O) groups is 1. The van der Waals surface area contributed by atoms with Crippen LogP contribution in [0.1, 0.15) is 23.0 Å². The van der Waals surface area contributed by atoms with E-state index < -0.39 is 11.8 Å². The van der Waals surface area contributed by atoms with Gasteiger partial charge in [-0.3, -0.25) is 4.68 Å². The van der Waals surface area contributed by atoms with Crippen LogP contribution in [-0.4, -0.2) is 22.4 Å². The first-order valence-corrected chi connectivity index (χ1v) is 6.77. The Hall–Kier alpha value is -2.08. The van der Waals surface area contributed by atoms with Gasteiger partial charge in [0.05, 0.1) is 30.7 Å². The molecule has 0 saturated carbocycles. The van der Waals surface area contributed by atoms with Crippen molar-refractivity contribution in [3.63, 3.8) is 0 Å². The fraction of sp³-hybridized carbons (Fsp3) is 0.286. The van der Waals surface area contributed by atoms with Crippen molar-refractivity contribution in [2.45, 2.75) is 13.5 Å². The fourth-order valence-corrected chi connectivity index (χ4v) is 2.04. The Morgan fingerprint density at radius 3 is 3.00 bits per heavy atom. The van der Waals surface area contributed by atoms with Crippen LogP contribution >= 0.6 is 11.6 Å².